The van der Waals surface area contributed by atoms with E-state index < -0.39 is 24.9 Å². The van der Waals surface area contributed by atoms with Gasteiger partial charge in [-0.25, -0.2) is 0 Å². The Morgan fingerprint density at radius 2 is 1.61 bits per heavy atom. The number of fused-ring (bicyclic) bond motifs is 1. The van der Waals surface area contributed by atoms with E-state index in [2.05, 4.69) is 0 Å². The number of ether oxygens (including phenoxy) is 2. The van der Waals surface area contributed by atoms with Crippen molar-refractivity contribution in [2.75, 3.05) is 34.6 Å². The molecule has 0 spiro atoms. The first-order valence-electron chi connectivity index (χ1n) is 7.76. The molecule has 2 fully saturated rings. The van der Waals surface area contributed by atoms with Crippen molar-refractivity contribution >= 4 is 19.5 Å². The third-order valence-electron chi connectivity index (χ3n) is 5.51. The summed E-state index contributed by atoms with van der Waals surface area (Å²) in [7, 11) is 2.03. The zero-order valence-corrected chi connectivity index (χ0v) is 15.0. The minimum atomic E-state index is -3.22. The predicted octanol–water partition coefficient (Wildman–Crippen LogP) is 2.24. The molecular weight excluding hydrogens is 323 g/mol. The second-order valence-electron chi connectivity index (χ2n) is 6.28. The Morgan fingerprint density at radius 3 is 2.09 bits per heavy atom. The summed E-state index contributed by atoms with van der Waals surface area (Å²) in [5, 5.41) is 0. The lowest BCUT2D eigenvalue weighted by atomic mass is 9.76. The molecular formula is C15H25O7P. The molecule has 0 saturated heterocycles. The number of carbonyl (C=O) groups excluding carboxylic acids is 2. The monoisotopic (exact) mass is 348 g/mol. The first-order chi connectivity index (χ1) is 10.9. The summed E-state index contributed by atoms with van der Waals surface area (Å²) < 4.78 is 32.4. The minimum absolute atomic E-state index is 0.105. The highest BCUT2D eigenvalue weighted by Crippen LogP contribution is 2.62. The summed E-state index contributed by atoms with van der Waals surface area (Å²) in [6.45, 7) is 0. The molecule has 0 amide bonds. The van der Waals surface area contributed by atoms with Crippen LogP contribution in [0.1, 0.15) is 25.7 Å². The highest BCUT2D eigenvalue weighted by atomic mass is 31.2. The third-order valence-corrected chi connectivity index (χ3v) is 7.53. The van der Waals surface area contributed by atoms with Gasteiger partial charge in [0.05, 0.1) is 20.4 Å². The van der Waals surface area contributed by atoms with Gasteiger partial charge in [0.15, 0.2) is 5.41 Å². The van der Waals surface area contributed by atoms with Gasteiger partial charge in [0.1, 0.15) is 0 Å². The second-order valence-corrected chi connectivity index (χ2v) is 8.60. The quantitative estimate of drug-likeness (QED) is 0.413. The average Bonchev–Trinajstić information content (AvgIpc) is 3.16. The van der Waals surface area contributed by atoms with E-state index in [-0.39, 0.29) is 30.3 Å². The van der Waals surface area contributed by atoms with Crippen LogP contribution in [0, 0.1) is 23.2 Å². The van der Waals surface area contributed by atoms with Crippen LogP contribution < -0.4 is 0 Å². The van der Waals surface area contributed by atoms with Crippen LogP contribution >= 0.6 is 7.60 Å². The van der Waals surface area contributed by atoms with E-state index in [0.717, 1.165) is 19.3 Å². The molecule has 2 rings (SSSR count). The van der Waals surface area contributed by atoms with Gasteiger partial charge < -0.3 is 18.5 Å². The Labute approximate surface area is 136 Å². The van der Waals surface area contributed by atoms with Gasteiger partial charge in [-0.3, -0.25) is 14.2 Å². The van der Waals surface area contributed by atoms with Crippen molar-refractivity contribution in [3.63, 3.8) is 0 Å². The van der Waals surface area contributed by atoms with Gasteiger partial charge in [0, 0.05) is 14.2 Å². The Bertz CT molecular complexity index is 494. The van der Waals surface area contributed by atoms with E-state index in [1.165, 1.54) is 28.4 Å². The summed E-state index contributed by atoms with van der Waals surface area (Å²) in [6, 6.07) is 0. The van der Waals surface area contributed by atoms with Crippen LogP contribution in [0.2, 0.25) is 0 Å². The summed E-state index contributed by atoms with van der Waals surface area (Å²) in [5.41, 5.74) is -1.30. The lowest BCUT2D eigenvalue weighted by Gasteiger charge is -2.29. The number of rotatable bonds is 6. The molecule has 23 heavy (non-hydrogen) atoms. The normalized spacial score (nSPS) is 29.1. The molecule has 8 heteroatoms. The standard InChI is InChI=1S/C15H25O7P/c1-19-13(16)15(14(17)20-2)8-10(9-23(18,21-3)22-4)11-6-5-7-12(11)15/h10-12H,5-9H2,1-4H3/t10?,11-,12-/m0/s1. The van der Waals surface area contributed by atoms with Crippen LogP contribution in [-0.4, -0.2) is 46.5 Å². The number of carbonyl (C=O) groups is 2. The lowest BCUT2D eigenvalue weighted by molar-refractivity contribution is -0.172. The fraction of sp³-hybridized carbons (Fsp3) is 0.867. The maximum atomic E-state index is 12.5. The molecule has 3 atom stereocenters. The van der Waals surface area contributed by atoms with Crippen molar-refractivity contribution in [1.29, 1.82) is 0 Å². The van der Waals surface area contributed by atoms with Crippen molar-refractivity contribution in [1.82, 2.24) is 0 Å². The molecule has 0 bridgehead atoms. The highest BCUT2D eigenvalue weighted by Gasteiger charge is 2.65. The zero-order chi connectivity index (χ0) is 17.3. The van der Waals surface area contributed by atoms with Crippen LogP contribution in [-0.2, 0) is 32.7 Å². The first kappa shape index (κ1) is 18.4. The van der Waals surface area contributed by atoms with Gasteiger partial charge in [-0.1, -0.05) is 6.42 Å². The molecule has 2 aliphatic carbocycles. The molecule has 132 valence electrons. The third kappa shape index (κ3) is 2.94. The number of esters is 2. The molecule has 7 nitrogen and oxygen atoms in total. The highest BCUT2D eigenvalue weighted by molar-refractivity contribution is 7.53. The summed E-state index contributed by atoms with van der Waals surface area (Å²) in [4.78, 5) is 24.9. The Balaban J connectivity index is 2.37. The van der Waals surface area contributed by atoms with Crippen molar-refractivity contribution in [2.45, 2.75) is 25.7 Å². The number of methoxy groups -OCH3 is 2. The number of hydrogen-bond donors (Lipinski definition) is 0. The van der Waals surface area contributed by atoms with E-state index in [0.29, 0.717) is 0 Å². The van der Waals surface area contributed by atoms with E-state index in [9.17, 15) is 14.2 Å². The van der Waals surface area contributed by atoms with Gasteiger partial charge in [-0.05, 0) is 37.0 Å². The van der Waals surface area contributed by atoms with E-state index in [1.807, 2.05) is 0 Å². The SMILES string of the molecule is COC(=O)C1(C(=O)OC)CC(CP(=O)(OC)OC)[C@@H]2CCC[C@@H]21. The molecule has 0 radical (unpaired) electrons. The van der Waals surface area contributed by atoms with Crippen molar-refractivity contribution in [2.24, 2.45) is 23.2 Å². The molecule has 0 aromatic carbocycles. The van der Waals surface area contributed by atoms with Crippen molar-refractivity contribution < 1.29 is 32.7 Å². The van der Waals surface area contributed by atoms with Gasteiger partial charge in [-0.2, -0.15) is 0 Å². The summed E-state index contributed by atoms with van der Waals surface area (Å²) >= 11 is 0. The fourth-order valence-electron chi connectivity index (χ4n) is 4.51. The summed E-state index contributed by atoms with van der Waals surface area (Å²) in [6.07, 6.45) is 3.02. The van der Waals surface area contributed by atoms with E-state index in [1.54, 1.807) is 0 Å². The van der Waals surface area contributed by atoms with E-state index in [4.69, 9.17) is 18.5 Å². The fourth-order valence-corrected chi connectivity index (χ4v) is 5.93. The van der Waals surface area contributed by atoms with Crippen LogP contribution in [0.3, 0.4) is 0 Å². The first-order valence-corrected chi connectivity index (χ1v) is 9.48. The Hall–Kier alpha value is -0.910. The van der Waals surface area contributed by atoms with E-state index >= 15 is 0 Å². The van der Waals surface area contributed by atoms with Crippen molar-refractivity contribution in [3.05, 3.63) is 0 Å². The van der Waals surface area contributed by atoms with Gasteiger partial charge in [-0.15, -0.1) is 0 Å². The molecule has 2 saturated carbocycles. The molecule has 0 aromatic heterocycles. The smallest absolute Gasteiger partial charge is 0.330 e. The molecule has 1 unspecified atom stereocenters. The molecule has 0 aromatic rings. The largest absolute Gasteiger partial charge is 0.468 e. The van der Waals surface area contributed by atoms with Gasteiger partial charge >= 0.3 is 19.5 Å². The average molecular weight is 348 g/mol. The Morgan fingerprint density at radius 1 is 1.04 bits per heavy atom. The molecule has 2 aliphatic rings. The Kier molecular flexibility index (Phi) is 5.54. The van der Waals surface area contributed by atoms with Crippen molar-refractivity contribution in [3.8, 4) is 0 Å². The van der Waals surface area contributed by atoms with Crippen LogP contribution in [0.15, 0.2) is 0 Å². The van der Waals surface area contributed by atoms with Crippen LogP contribution in [0.5, 0.6) is 0 Å². The summed E-state index contributed by atoms with van der Waals surface area (Å²) in [5.74, 6) is -1.25. The molecule has 0 heterocycles. The minimum Gasteiger partial charge on any atom is -0.468 e. The molecule has 0 N–H and O–H groups in total. The zero-order valence-electron chi connectivity index (χ0n) is 14.1. The topological polar surface area (TPSA) is 88.1 Å². The predicted molar refractivity (Wildman–Crippen MR) is 81.9 cm³/mol. The van der Waals surface area contributed by atoms with Crippen LogP contribution in [0.25, 0.3) is 0 Å². The van der Waals surface area contributed by atoms with Gasteiger partial charge in [0.2, 0.25) is 0 Å². The lowest BCUT2D eigenvalue weighted by Crippen LogP contribution is -2.44. The maximum absolute atomic E-state index is 12.5. The second kappa shape index (κ2) is 6.91. The number of hydrogen-bond acceptors (Lipinski definition) is 7. The van der Waals surface area contributed by atoms with Crippen LogP contribution in [0.4, 0.5) is 0 Å². The maximum Gasteiger partial charge on any atom is 0.330 e. The molecule has 0 aliphatic heterocycles. The van der Waals surface area contributed by atoms with Gasteiger partial charge in [0.25, 0.3) is 0 Å².